The van der Waals surface area contributed by atoms with Crippen LogP contribution in [-0.2, 0) is 30.5 Å². The van der Waals surface area contributed by atoms with Crippen LogP contribution in [0.1, 0.15) is 55.6 Å². The summed E-state index contributed by atoms with van der Waals surface area (Å²) in [6, 6.07) is 5.98. The number of hydrogen-bond acceptors (Lipinski definition) is 7. The highest BCUT2D eigenvalue weighted by Crippen LogP contribution is 2.39. The third kappa shape index (κ3) is 3.71. The van der Waals surface area contributed by atoms with E-state index in [-0.39, 0.29) is 42.6 Å². The van der Waals surface area contributed by atoms with Crippen LogP contribution >= 0.6 is 0 Å². The van der Waals surface area contributed by atoms with Gasteiger partial charge in [-0.2, -0.15) is 0 Å². The molecule has 2 amide bonds. The Morgan fingerprint density at radius 1 is 1.10 bits per heavy atom. The lowest BCUT2D eigenvalue weighted by Crippen LogP contribution is -2.44. The number of nitrogens with zero attached hydrogens (tertiary/aromatic N) is 1. The van der Waals surface area contributed by atoms with E-state index in [1.165, 1.54) is 6.92 Å². The number of ether oxygens (including phenoxy) is 2. The largest absolute Gasteiger partial charge is 0.460 e. The van der Waals surface area contributed by atoms with Crippen molar-refractivity contribution in [1.29, 1.82) is 0 Å². The topological polar surface area (TPSA) is 103 Å². The summed E-state index contributed by atoms with van der Waals surface area (Å²) in [5.41, 5.74) is 0.862. The SMILES string of the molecule is CCOC(=O)c1oc2ccccc2c1COC(=O)[C@H](C)N1C(=O)[C@H]2CCCC[C@@H]2C1=O. The highest BCUT2D eigenvalue weighted by atomic mass is 16.5. The molecule has 2 aliphatic rings. The lowest BCUT2D eigenvalue weighted by atomic mass is 9.81. The minimum Gasteiger partial charge on any atom is -0.460 e. The number of likely N-dealkylation sites (tertiary alicyclic amines) is 1. The van der Waals surface area contributed by atoms with Crippen molar-refractivity contribution in [2.45, 2.75) is 52.2 Å². The second-order valence-corrected chi connectivity index (χ2v) is 7.95. The molecule has 1 saturated carbocycles. The van der Waals surface area contributed by atoms with E-state index in [1.54, 1.807) is 31.2 Å². The van der Waals surface area contributed by atoms with Gasteiger partial charge in [-0.25, -0.2) is 9.59 Å². The maximum Gasteiger partial charge on any atom is 0.374 e. The Bertz CT molecular complexity index is 1020. The van der Waals surface area contributed by atoms with Crippen molar-refractivity contribution in [3.05, 3.63) is 35.6 Å². The third-order valence-corrected chi connectivity index (χ3v) is 6.12. The minimum atomic E-state index is -1.03. The Kier molecular flexibility index (Phi) is 5.80. The summed E-state index contributed by atoms with van der Waals surface area (Å²) >= 11 is 0. The molecule has 1 aromatic heterocycles. The van der Waals surface area contributed by atoms with E-state index in [4.69, 9.17) is 13.9 Å². The van der Waals surface area contributed by atoms with Gasteiger partial charge in [0, 0.05) is 5.39 Å². The quantitative estimate of drug-likeness (QED) is 0.515. The second-order valence-electron chi connectivity index (χ2n) is 7.95. The van der Waals surface area contributed by atoms with Crippen LogP contribution in [0.25, 0.3) is 11.0 Å². The Morgan fingerprint density at radius 3 is 2.39 bits per heavy atom. The molecule has 1 aliphatic carbocycles. The van der Waals surface area contributed by atoms with E-state index >= 15 is 0 Å². The third-order valence-electron chi connectivity index (χ3n) is 6.12. The van der Waals surface area contributed by atoms with Gasteiger partial charge in [0.05, 0.1) is 24.0 Å². The van der Waals surface area contributed by atoms with Crippen molar-refractivity contribution in [2.24, 2.45) is 11.8 Å². The maximum atomic E-state index is 12.7. The predicted molar refractivity (Wildman–Crippen MR) is 109 cm³/mol. The number of carbonyl (C=O) groups excluding carboxylic acids is 4. The molecule has 3 atom stereocenters. The van der Waals surface area contributed by atoms with E-state index in [1.807, 2.05) is 0 Å². The molecule has 2 aromatic rings. The molecule has 8 nitrogen and oxygen atoms in total. The molecule has 8 heteroatoms. The van der Waals surface area contributed by atoms with Gasteiger partial charge in [0.2, 0.25) is 17.6 Å². The van der Waals surface area contributed by atoms with Gasteiger partial charge in [-0.15, -0.1) is 0 Å². The van der Waals surface area contributed by atoms with Crippen LogP contribution in [0.2, 0.25) is 0 Å². The summed E-state index contributed by atoms with van der Waals surface area (Å²) < 4.78 is 16.1. The molecule has 4 rings (SSSR count). The lowest BCUT2D eigenvalue weighted by molar-refractivity contribution is -0.159. The Balaban J connectivity index is 1.52. The lowest BCUT2D eigenvalue weighted by Gasteiger charge is -2.21. The molecule has 0 bridgehead atoms. The first-order chi connectivity index (χ1) is 14.9. The van der Waals surface area contributed by atoms with Crippen molar-refractivity contribution in [3.8, 4) is 0 Å². The van der Waals surface area contributed by atoms with Crippen LogP contribution in [0.4, 0.5) is 0 Å². The monoisotopic (exact) mass is 427 g/mol. The van der Waals surface area contributed by atoms with Crippen LogP contribution in [0, 0.1) is 11.8 Å². The normalized spacial score (nSPS) is 21.8. The molecule has 0 unspecified atom stereocenters. The Hall–Kier alpha value is -3.16. The molecular weight excluding hydrogens is 402 g/mol. The molecule has 1 saturated heterocycles. The molecule has 164 valence electrons. The number of imide groups is 1. The number of para-hydroxylation sites is 1. The zero-order valence-corrected chi connectivity index (χ0v) is 17.6. The first kappa shape index (κ1) is 21.1. The van der Waals surface area contributed by atoms with Gasteiger partial charge >= 0.3 is 11.9 Å². The van der Waals surface area contributed by atoms with Gasteiger partial charge in [0.25, 0.3) is 0 Å². The summed E-state index contributed by atoms with van der Waals surface area (Å²) in [5, 5.41) is 0.630. The van der Waals surface area contributed by atoms with Gasteiger partial charge in [0.15, 0.2) is 0 Å². The van der Waals surface area contributed by atoms with Gasteiger partial charge in [-0.3, -0.25) is 14.5 Å². The number of carbonyl (C=O) groups is 4. The molecule has 0 N–H and O–H groups in total. The predicted octanol–water partition coefficient (Wildman–Crippen LogP) is 3.22. The number of esters is 2. The number of hydrogen-bond donors (Lipinski definition) is 0. The van der Waals surface area contributed by atoms with Crippen LogP contribution in [0.15, 0.2) is 28.7 Å². The smallest absolute Gasteiger partial charge is 0.374 e. The summed E-state index contributed by atoms with van der Waals surface area (Å²) in [4.78, 5) is 51.6. The van der Waals surface area contributed by atoms with E-state index < -0.39 is 18.0 Å². The fourth-order valence-corrected chi connectivity index (χ4v) is 4.54. The van der Waals surface area contributed by atoms with Crippen LogP contribution in [0.3, 0.4) is 0 Å². The zero-order valence-electron chi connectivity index (χ0n) is 17.6. The maximum absolute atomic E-state index is 12.7. The average molecular weight is 427 g/mol. The molecule has 1 aliphatic heterocycles. The fraction of sp³-hybridized carbons (Fsp3) is 0.478. The highest BCUT2D eigenvalue weighted by molar-refractivity contribution is 6.07. The minimum absolute atomic E-state index is 0.0251. The summed E-state index contributed by atoms with van der Waals surface area (Å²) in [6.07, 6.45) is 3.18. The van der Waals surface area contributed by atoms with Gasteiger partial charge in [-0.05, 0) is 32.8 Å². The van der Waals surface area contributed by atoms with Crippen molar-refractivity contribution in [3.63, 3.8) is 0 Å². The van der Waals surface area contributed by atoms with Crippen molar-refractivity contribution in [2.75, 3.05) is 6.61 Å². The zero-order chi connectivity index (χ0) is 22.1. The van der Waals surface area contributed by atoms with Crippen molar-refractivity contribution < 1.29 is 33.1 Å². The number of rotatable bonds is 6. The molecule has 0 spiro atoms. The number of benzene rings is 1. The van der Waals surface area contributed by atoms with Gasteiger partial charge in [-0.1, -0.05) is 31.0 Å². The average Bonchev–Trinajstić information content (AvgIpc) is 3.27. The first-order valence-electron chi connectivity index (χ1n) is 10.6. The Labute approximate surface area is 179 Å². The molecule has 2 fully saturated rings. The standard InChI is InChI=1S/C23H25NO7/c1-3-29-23(28)19-17(14-8-6-7-11-18(14)31-19)12-30-22(27)13(2)24-20(25)15-9-4-5-10-16(15)21(24)26/h6-8,11,13,15-16H,3-5,9-10,12H2,1-2H3/t13-,15-,16-/m0/s1. The van der Waals surface area contributed by atoms with Gasteiger partial charge in [0.1, 0.15) is 18.2 Å². The Morgan fingerprint density at radius 2 is 1.74 bits per heavy atom. The number of furan rings is 1. The molecule has 2 heterocycles. The van der Waals surface area contributed by atoms with Crippen LogP contribution < -0.4 is 0 Å². The summed E-state index contributed by atoms with van der Waals surface area (Å²) in [5.74, 6) is -2.62. The van der Waals surface area contributed by atoms with E-state index in [9.17, 15) is 19.2 Å². The van der Waals surface area contributed by atoms with Crippen LogP contribution in [-0.4, -0.2) is 41.3 Å². The van der Waals surface area contributed by atoms with Crippen LogP contribution in [0.5, 0.6) is 0 Å². The molecule has 31 heavy (non-hydrogen) atoms. The van der Waals surface area contributed by atoms with E-state index in [2.05, 4.69) is 0 Å². The van der Waals surface area contributed by atoms with E-state index in [0.717, 1.165) is 17.7 Å². The molecule has 0 radical (unpaired) electrons. The first-order valence-corrected chi connectivity index (χ1v) is 10.6. The summed E-state index contributed by atoms with van der Waals surface area (Å²) in [7, 11) is 0. The number of amides is 2. The highest BCUT2D eigenvalue weighted by Gasteiger charge is 2.51. The fourth-order valence-electron chi connectivity index (χ4n) is 4.54. The number of fused-ring (bicyclic) bond motifs is 2. The van der Waals surface area contributed by atoms with Crippen molar-refractivity contribution >= 4 is 34.7 Å². The summed E-state index contributed by atoms with van der Waals surface area (Å²) in [6.45, 7) is 3.11. The molecular formula is C23H25NO7. The van der Waals surface area contributed by atoms with Crippen molar-refractivity contribution in [1.82, 2.24) is 4.90 Å². The molecule has 1 aromatic carbocycles. The van der Waals surface area contributed by atoms with E-state index in [0.29, 0.717) is 29.4 Å². The second kappa shape index (κ2) is 8.53. The van der Waals surface area contributed by atoms with Gasteiger partial charge < -0.3 is 13.9 Å².